The third kappa shape index (κ3) is 3.12. The van der Waals surface area contributed by atoms with Crippen LogP contribution in [-0.2, 0) is 9.53 Å². The monoisotopic (exact) mass is 221 g/mol. The topological polar surface area (TPSA) is 38.3 Å². The molecule has 1 rings (SSSR count). The van der Waals surface area contributed by atoms with Crippen LogP contribution in [0.25, 0.3) is 0 Å². The van der Waals surface area contributed by atoms with E-state index in [0.717, 1.165) is 0 Å². The molecule has 0 aromatic rings. The fourth-order valence-corrected chi connectivity index (χ4v) is 1.50. The summed E-state index contributed by atoms with van der Waals surface area (Å²) >= 11 is 0. The van der Waals surface area contributed by atoms with E-state index in [9.17, 15) is 13.6 Å². The molecule has 0 saturated carbocycles. The van der Waals surface area contributed by atoms with Crippen LogP contribution in [0.4, 0.5) is 8.78 Å². The van der Waals surface area contributed by atoms with Crippen molar-refractivity contribution < 1.29 is 18.3 Å². The van der Waals surface area contributed by atoms with Gasteiger partial charge in [-0.25, -0.2) is 8.78 Å². The van der Waals surface area contributed by atoms with Crippen molar-refractivity contribution in [3.63, 3.8) is 0 Å². The number of carbonyl (C=O) groups is 1. The fraction of sp³-hybridized carbons (Fsp3) is 0.900. The summed E-state index contributed by atoms with van der Waals surface area (Å²) in [5, 5.41) is 2.52. The van der Waals surface area contributed by atoms with E-state index < -0.39 is 36.0 Å². The van der Waals surface area contributed by atoms with Crippen molar-refractivity contribution in [3.8, 4) is 0 Å². The van der Waals surface area contributed by atoms with Crippen LogP contribution in [-0.4, -0.2) is 29.6 Å². The van der Waals surface area contributed by atoms with Crippen molar-refractivity contribution in [1.82, 2.24) is 5.32 Å². The molecule has 1 aliphatic rings. The number of carbonyl (C=O) groups excluding carboxylic acids is 1. The fourth-order valence-electron chi connectivity index (χ4n) is 1.50. The van der Waals surface area contributed by atoms with Crippen molar-refractivity contribution in [1.29, 1.82) is 0 Å². The number of hydrogen-bond acceptors (Lipinski definition) is 3. The van der Waals surface area contributed by atoms with Crippen molar-refractivity contribution >= 4 is 5.97 Å². The van der Waals surface area contributed by atoms with E-state index in [0.29, 0.717) is 0 Å². The predicted molar refractivity (Wildman–Crippen MR) is 51.8 cm³/mol. The Kier molecular flexibility index (Phi) is 2.80. The lowest BCUT2D eigenvalue weighted by Crippen LogP contribution is -2.48. The quantitative estimate of drug-likeness (QED) is 0.685. The van der Waals surface area contributed by atoms with Crippen LogP contribution in [0.2, 0.25) is 0 Å². The molecule has 0 bridgehead atoms. The minimum atomic E-state index is -2.83. The van der Waals surface area contributed by atoms with Gasteiger partial charge in [-0.05, 0) is 27.7 Å². The summed E-state index contributed by atoms with van der Waals surface area (Å²) in [7, 11) is 0. The van der Waals surface area contributed by atoms with Gasteiger partial charge in [0.2, 0.25) is 0 Å². The highest BCUT2D eigenvalue weighted by atomic mass is 19.3. The van der Waals surface area contributed by atoms with E-state index in [4.69, 9.17) is 4.74 Å². The Hall–Kier alpha value is -0.710. The van der Waals surface area contributed by atoms with E-state index in [1.54, 1.807) is 20.8 Å². The first-order chi connectivity index (χ1) is 6.54. The molecule has 0 aliphatic carbocycles. The van der Waals surface area contributed by atoms with Gasteiger partial charge in [-0.15, -0.1) is 0 Å². The maximum Gasteiger partial charge on any atom is 0.326 e. The molecule has 1 saturated heterocycles. The molecule has 88 valence electrons. The SMILES string of the molecule is CC(C)(C)OC(=O)C1(C)CC(F)(F)CN1. The molecule has 0 aromatic heterocycles. The number of halogens is 2. The van der Waals surface area contributed by atoms with Gasteiger partial charge < -0.3 is 4.74 Å². The first-order valence-electron chi connectivity index (χ1n) is 4.90. The largest absolute Gasteiger partial charge is 0.459 e. The van der Waals surface area contributed by atoms with Gasteiger partial charge in [-0.1, -0.05) is 0 Å². The Morgan fingerprint density at radius 1 is 1.40 bits per heavy atom. The Balaban J connectivity index is 2.69. The van der Waals surface area contributed by atoms with E-state index in [2.05, 4.69) is 5.32 Å². The molecule has 1 atom stereocenters. The molecule has 5 heteroatoms. The first-order valence-corrected chi connectivity index (χ1v) is 4.90. The lowest BCUT2D eigenvalue weighted by atomic mass is 9.99. The summed E-state index contributed by atoms with van der Waals surface area (Å²) < 4.78 is 31.0. The molecule has 0 spiro atoms. The Morgan fingerprint density at radius 3 is 2.27 bits per heavy atom. The predicted octanol–water partition coefficient (Wildman–Crippen LogP) is 1.72. The first kappa shape index (κ1) is 12.4. The van der Waals surface area contributed by atoms with Gasteiger partial charge in [0.1, 0.15) is 11.1 Å². The smallest absolute Gasteiger partial charge is 0.326 e. The molecule has 3 nitrogen and oxygen atoms in total. The molecular weight excluding hydrogens is 204 g/mol. The van der Waals surface area contributed by atoms with Crippen LogP contribution >= 0.6 is 0 Å². The van der Waals surface area contributed by atoms with Gasteiger partial charge in [0, 0.05) is 6.42 Å². The highest BCUT2D eigenvalue weighted by molar-refractivity contribution is 5.81. The normalized spacial score (nSPS) is 30.3. The minimum Gasteiger partial charge on any atom is -0.459 e. The van der Waals surface area contributed by atoms with Crippen molar-refractivity contribution in [2.24, 2.45) is 0 Å². The molecule has 1 unspecified atom stereocenters. The van der Waals surface area contributed by atoms with Gasteiger partial charge >= 0.3 is 5.97 Å². The number of esters is 1. The second-order valence-electron chi connectivity index (χ2n) is 5.22. The van der Waals surface area contributed by atoms with Gasteiger partial charge in [-0.3, -0.25) is 10.1 Å². The zero-order valence-electron chi connectivity index (χ0n) is 9.49. The maximum absolute atomic E-state index is 13.0. The molecule has 1 N–H and O–H groups in total. The highest BCUT2D eigenvalue weighted by Gasteiger charge is 2.52. The Bertz CT molecular complexity index is 273. The standard InChI is InChI=1S/C10H17F2NO2/c1-8(2,3)15-7(14)9(4)5-10(11,12)6-13-9/h13H,5-6H2,1-4H3. The summed E-state index contributed by atoms with van der Waals surface area (Å²) in [5.74, 6) is -3.45. The second kappa shape index (κ2) is 3.40. The molecule has 0 amide bonds. The Labute approximate surface area is 88.2 Å². The minimum absolute atomic E-state index is 0.470. The number of alkyl halides is 2. The third-order valence-corrected chi connectivity index (χ3v) is 2.20. The van der Waals surface area contributed by atoms with Crippen LogP contribution in [0.1, 0.15) is 34.1 Å². The average molecular weight is 221 g/mol. The van der Waals surface area contributed by atoms with Gasteiger partial charge in [0.05, 0.1) is 6.54 Å². The average Bonchev–Trinajstić information content (AvgIpc) is 2.23. The summed E-state index contributed by atoms with van der Waals surface area (Å²) in [6.45, 7) is 6.11. The number of rotatable bonds is 1. The summed E-state index contributed by atoms with van der Waals surface area (Å²) in [6.07, 6.45) is -0.505. The van der Waals surface area contributed by atoms with E-state index >= 15 is 0 Å². The summed E-state index contributed by atoms with van der Waals surface area (Å²) in [4.78, 5) is 11.7. The van der Waals surface area contributed by atoms with Gasteiger partial charge in [0.25, 0.3) is 5.92 Å². The van der Waals surface area contributed by atoms with Gasteiger partial charge in [0.15, 0.2) is 0 Å². The summed E-state index contributed by atoms with van der Waals surface area (Å²) in [6, 6.07) is 0. The zero-order valence-corrected chi connectivity index (χ0v) is 9.49. The lowest BCUT2D eigenvalue weighted by molar-refractivity contribution is -0.162. The van der Waals surface area contributed by atoms with Crippen molar-refractivity contribution in [3.05, 3.63) is 0 Å². The van der Waals surface area contributed by atoms with Crippen LogP contribution in [0.3, 0.4) is 0 Å². The van der Waals surface area contributed by atoms with Crippen LogP contribution < -0.4 is 5.32 Å². The molecule has 1 fully saturated rings. The molecule has 0 radical (unpaired) electrons. The third-order valence-electron chi connectivity index (χ3n) is 2.20. The molecule has 0 aromatic carbocycles. The number of ether oxygens (including phenoxy) is 1. The molecular formula is C10H17F2NO2. The Morgan fingerprint density at radius 2 is 1.93 bits per heavy atom. The van der Waals surface area contributed by atoms with E-state index in [1.807, 2.05) is 0 Å². The zero-order chi connectivity index (χ0) is 11.9. The number of nitrogens with one attached hydrogen (secondary N) is 1. The second-order valence-corrected chi connectivity index (χ2v) is 5.22. The lowest BCUT2D eigenvalue weighted by Gasteiger charge is -2.28. The molecule has 1 aliphatic heterocycles. The maximum atomic E-state index is 13.0. The van der Waals surface area contributed by atoms with Crippen LogP contribution in [0.5, 0.6) is 0 Å². The van der Waals surface area contributed by atoms with Crippen LogP contribution in [0, 0.1) is 0 Å². The van der Waals surface area contributed by atoms with Crippen molar-refractivity contribution in [2.45, 2.75) is 51.2 Å². The summed E-state index contributed by atoms with van der Waals surface area (Å²) in [5.41, 5.74) is -1.92. The number of hydrogen-bond donors (Lipinski definition) is 1. The highest BCUT2D eigenvalue weighted by Crippen LogP contribution is 2.33. The molecule has 15 heavy (non-hydrogen) atoms. The van der Waals surface area contributed by atoms with Gasteiger partial charge in [-0.2, -0.15) is 0 Å². The van der Waals surface area contributed by atoms with Crippen molar-refractivity contribution in [2.75, 3.05) is 6.54 Å². The van der Waals surface area contributed by atoms with E-state index in [-0.39, 0.29) is 0 Å². The van der Waals surface area contributed by atoms with Crippen LogP contribution in [0.15, 0.2) is 0 Å². The molecule has 1 heterocycles. The van der Waals surface area contributed by atoms with E-state index in [1.165, 1.54) is 6.92 Å².